The van der Waals surface area contributed by atoms with E-state index in [4.69, 9.17) is 0 Å². The van der Waals surface area contributed by atoms with Gasteiger partial charge in [0.2, 0.25) is 0 Å². The molecule has 1 aromatic rings. The first-order chi connectivity index (χ1) is 8.15. The SMILES string of the molecule is CCC1(CNC(=O)c2csc(I)c2)CCCC1. The lowest BCUT2D eigenvalue weighted by molar-refractivity contribution is 0.0929. The van der Waals surface area contributed by atoms with Crippen molar-refractivity contribution < 1.29 is 4.79 Å². The van der Waals surface area contributed by atoms with Crippen LogP contribution in [0.25, 0.3) is 0 Å². The van der Waals surface area contributed by atoms with E-state index >= 15 is 0 Å². The fraction of sp³-hybridized carbons (Fsp3) is 0.615. The molecule has 0 aromatic carbocycles. The lowest BCUT2D eigenvalue weighted by Crippen LogP contribution is -2.35. The van der Waals surface area contributed by atoms with Gasteiger partial charge in [0.05, 0.1) is 8.45 Å². The van der Waals surface area contributed by atoms with Gasteiger partial charge in [0, 0.05) is 11.9 Å². The number of thiophene rings is 1. The third-order valence-electron chi connectivity index (χ3n) is 3.87. The Hall–Kier alpha value is -0.100. The summed E-state index contributed by atoms with van der Waals surface area (Å²) in [4.78, 5) is 12.0. The maximum atomic E-state index is 12.0. The molecule has 1 N–H and O–H groups in total. The van der Waals surface area contributed by atoms with Gasteiger partial charge >= 0.3 is 0 Å². The molecule has 1 saturated carbocycles. The molecule has 0 atom stereocenters. The molecule has 1 aliphatic carbocycles. The molecule has 1 heterocycles. The van der Waals surface area contributed by atoms with E-state index < -0.39 is 0 Å². The summed E-state index contributed by atoms with van der Waals surface area (Å²) in [6.45, 7) is 3.08. The summed E-state index contributed by atoms with van der Waals surface area (Å²) in [7, 11) is 0. The smallest absolute Gasteiger partial charge is 0.252 e. The number of halogens is 1. The largest absolute Gasteiger partial charge is 0.351 e. The molecule has 0 radical (unpaired) electrons. The summed E-state index contributed by atoms with van der Waals surface area (Å²) < 4.78 is 1.17. The second-order valence-electron chi connectivity index (χ2n) is 4.88. The quantitative estimate of drug-likeness (QED) is 0.804. The number of carbonyl (C=O) groups is 1. The molecule has 2 rings (SSSR count). The first-order valence-corrected chi connectivity index (χ1v) is 8.13. The minimum absolute atomic E-state index is 0.0869. The zero-order chi connectivity index (χ0) is 12.3. The van der Waals surface area contributed by atoms with Gasteiger partial charge in [-0.25, -0.2) is 0 Å². The molecule has 0 bridgehead atoms. The monoisotopic (exact) mass is 363 g/mol. The first-order valence-electron chi connectivity index (χ1n) is 6.17. The Kier molecular flexibility index (Phi) is 4.47. The second kappa shape index (κ2) is 5.69. The predicted octanol–water partition coefficient (Wildman–Crippen LogP) is 4.05. The predicted molar refractivity (Wildman–Crippen MR) is 80.6 cm³/mol. The van der Waals surface area contributed by atoms with Gasteiger partial charge in [-0.2, -0.15) is 0 Å². The average Bonchev–Trinajstić information content (AvgIpc) is 2.95. The summed E-state index contributed by atoms with van der Waals surface area (Å²) in [5, 5.41) is 5.05. The van der Waals surface area contributed by atoms with Crippen LogP contribution in [-0.4, -0.2) is 12.5 Å². The first kappa shape index (κ1) is 13.3. The highest BCUT2D eigenvalue weighted by atomic mass is 127. The van der Waals surface area contributed by atoms with Gasteiger partial charge in [0.25, 0.3) is 5.91 Å². The summed E-state index contributed by atoms with van der Waals surface area (Å²) in [6.07, 6.45) is 6.35. The van der Waals surface area contributed by atoms with Crippen molar-refractivity contribution in [2.24, 2.45) is 5.41 Å². The Balaban J connectivity index is 1.91. The summed E-state index contributed by atoms with van der Waals surface area (Å²) in [6, 6.07) is 1.95. The van der Waals surface area contributed by atoms with E-state index in [0.717, 1.165) is 12.1 Å². The lowest BCUT2D eigenvalue weighted by Gasteiger charge is -2.27. The minimum Gasteiger partial charge on any atom is -0.351 e. The van der Waals surface area contributed by atoms with Crippen LogP contribution in [-0.2, 0) is 0 Å². The highest BCUT2D eigenvalue weighted by Gasteiger charge is 2.32. The van der Waals surface area contributed by atoms with Crippen molar-refractivity contribution >= 4 is 39.8 Å². The van der Waals surface area contributed by atoms with Crippen molar-refractivity contribution in [2.45, 2.75) is 39.0 Å². The molecule has 17 heavy (non-hydrogen) atoms. The van der Waals surface area contributed by atoms with Gasteiger partial charge in [-0.15, -0.1) is 11.3 Å². The average molecular weight is 363 g/mol. The third kappa shape index (κ3) is 3.22. The molecule has 94 valence electrons. The van der Waals surface area contributed by atoms with Crippen molar-refractivity contribution in [3.05, 3.63) is 19.9 Å². The van der Waals surface area contributed by atoms with E-state index in [1.54, 1.807) is 11.3 Å². The zero-order valence-electron chi connectivity index (χ0n) is 10.1. The molecule has 1 fully saturated rings. The standard InChI is InChI=1S/C13H18INOS/c1-2-13(5-3-4-6-13)9-15-12(16)10-7-11(14)17-8-10/h7-8H,2-6,9H2,1H3,(H,15,16). The molecule has 0 aliphatic heterocycles. The summed E-state index contributed by atoms with van der Waals surface area (Å²) in [5.74, 6) is 0.0869. The fourth-order valence-corrected chi connectivity index (χ4v) is 3.91. The van der Waals surface area contributed by atoms with E-state index in [0.29, 0.717) is 5.41 Å². The van der Waals surface area contributed by atoms with Crippen molar-refractivity contribution in [3.8, 4) is 0 Å². The van der Waals surface area contributed by atoms with Crippen LogP contribution in [0.4, 0.5) is 0 Å². The number of hydrogen-bond acceptors (Lipinski definition) is 2. The topological polar surface area (TPSA) is 29.1 Å². The summed E-state index contributed by atoms with van der Waals surface area (Å²) in [5.41, 5.74) is 1.18. The fourth-order valence-electron chi connectivity index (χ4n) is 2.58. The van der Waals surface area contributed by atoms with Gasteiger partial charge in [-0.05, 0) is 53.3 Å². The van der Waals surface area contributed by atoms with E-state index in [-0.39, 0.29) is 5.91 Å². The Morgan fingerprint density at radius 3 is 2.76 bits per heavy atom. The van der Waals surface area contributed by atoms with Gasteiger partial charge < -0.3 is 5.32 Å². The molecular formula is C13H18INOS. The van der Waals surface area contributed by atoms with Gasteiger partial charge in [-0.3, -0.25) is 4.79 Å². The highest BCUT2D eigenvalue weighted by Crippen LogP contribution is 2.40. The van der Waals surface area contributed by atoms with Crippen LogP contribution in [0.1, 0.15) is 49.4 Å². The van der Waals surface area contributed by atoms with E-state index in [1.807, 2.05) is 11.4 Å². The number of hydrogen-bond donors (Lipinski definition) is 1. The molecule has 1 aromatic heterocycles. The van der Waals surface area contributed by atoms with Crippen LogP contribution in [0.3, 0.4) is 0 Å². The van der Waals surface area contributed by atoms with Crippen molar-refractivity contribution in [3.63, 3.8) is 0 Å². The second-order valence-corrected chi connectivity index (χ2v) is 7.69. The molecule has 0 saturated heterocycles. The van der Waals surface area contributed by atoms with Crippen LogP contribution < -0.4 is 5.32 Å². The Bertz CT molecular complexity index is 396. The van der Waals surface area contributed by atoms with Crippen LogP contribution >= 0.6 is 33.9 Å². The molecule has 2 nitrogen and oxygen atoms in total. The highest BCUT2D eigenvalue weighted by molar-refractivity contribution is 14.1. The van der Waals surface area contributed by atoms with Crippen LogP contribution in [0.15, 0.2) is 11.4 Å². The Morgan fingerprint density at radius 1 is 1.53 bits per heavy atom. The van der Waals surface area contributed by atoms with Gasteiger partial charge in [0.15, 0.2) is 0 Å². The Labute approximate surface area is 120 Å². The maximum Gasteiger partial charge on any atom is 0.252 e. The van der Waals surface area contributed by atoms with Crippen molar-refractivity contribution in [1.82, 2.24) is 5.32 Å². The maximum absolute atomic E-state index is 12.0. The molecule has 4 heteroatoms. The van der Waals surface area contributed by atoms with Crippen molar-refractivity contribution in [2.75, 3.05) is 6.54 Å². The number of carbonyl (C=O) groups excluding carboxylic acids is 1. The number of amides is 1. The van der Waals surface area contributed by atoms with Gasteiger partial charge in [-0.1, -0.05) is 19.8 Å². The van der Waals surface area contributed by atoms with E-state index in [2.05, 4.69) is 34.8 Å². The zero-order valence-corrected chi connectivity index (χ0v) is 13.1. The van der Waals surface area contributed by atoms with Gasteiger partial charge in [0.1, 0.15) is 0 Å². The molecular weight excluding hydrogens is 345 g/mol. The van der Waals surface area contributed by atoms with E-state index in [9.17, 15) is 4.79 Å². The minimum atomic E-state index is 0.0869. The lowest BCUT2D eigenvalue weighted by atomic mass is 9.83. The van der Waals surface area contributed by atoms with Crippen LogP contribution in [0, 0.1) is 8.30 Å². The summed E-state index contributed by atoms with van der Waals surface area (Å²) >= 11 is 3.87. The van der Waals surface area contributed by atoms with Crippen LogP contribution in [0.5, 0.6) is 0 Å². The molecule has 1 amide bonds. The van der Waals surface area contributed by atoms with Crippen LogP contribution in [0.2, 0.25) is 0 Å². The van der Waals surface area contributed by atoms with E-state index in [1.165, 1.54) is 35.0 Å². The number of nitrogens with one attached hydrogen (secondary N) is 1. The molecule has 1 aliphatic rings. The normalized spacial score (nSPS) is 18.2. The molecule has 0 unspecified atom stereocenters. The number of rotatable bonds is 4. The van der Waals surface area contributed by atoms with Crippen molar-refractivity contribution in [1.29, 1.82) is 0 Å². The third-order valence-corrected chi connectivity index (χ3v) is 5.66. The Morgan fingerprint density at radius 2 is 2.24 bits per heavy atom. The molecule has 0 spiro atoms.